The van der Waals surface area contributed by atoms with Crippen LogP contribution in [0.4, 0.5) is 17.6 Å². The van der Waals surface area contributed by atoms with Crippen LogP contribution in [0, 0.1) is 13.5 Å². The number of hydrogen-bond donors (Lipinski definition) is 2. The summed E-state index contributed by atoms with van der Waals surface area (Å²) in [7, 11) is 0. The molecule has 0 unspecified atom stereocenters. The van der Waals surface area contributed by atoms with E-state index in [2.05, 4.69) is 10.6 Å². The molecular formula is C17H23F4N2OY-. The topological polar surface area (TPSA) is 41.1 Å². The molecule has 25 heavy (non-hydrogen) atoms. The van der Waals surface area contributed by atoms with Crippen molar-refractivity contribution in [2.24, 2.45) is 0 Å². The molecule has 0 aliphatic heterocycles. The first-order valence-electron chi connectivity index (χ1n) is 7.60. The van der Waals surface area contributed by atoms with Crippen molar-refractivity contribution in [3.8, 4) is 0 Å². The Balaban J connectivity index is 0.00000576. The second-order valence-electron chi connectivity index (χ2n) is 6.32. The van der Waals surface area contributed by atoms with E-state index in [4.69, 9.17) is 0 Å². The molecule has 0 bridgehead atoms. The fourth-order valence-electron chi connectivity index (χ4n) is 2.30. The van der Waals surface area contributed by atoms with Gasteiger partial charge in [-0.1, -0.05) is 29.8 Å². The van der Waals surface area contributed by atoms with Gasteiger partial charge >= 0.3 is 6.18 Å². The van der Waals surface area contributed by atoms with E-state index in [0.29, 0.717) is 0 Å². The van der Waals surface area contributed by atoms with Gasteiger partial charge in [0.1, 0.15) is 11.7 Å². The van der Waals surface area contributed by atoms with E-state index in [-0.39, 0.29) is 44.7 Å². The summed E-state index contributed by atoms with van der Waals surface area (Å²) in [6.07, 6.45) is -5.00. The number of halogens is 4. The molecule has 139 valence electrons. The van der Waals surface area contributed by atoms with Crippen molar-refractivity contribution in [2.75, 3.05) is 0 Å². The number of aryl methyl sites for hydroxylation is 1. The summed E-state index contributed by atoms with van der Waals surface area (Å²) in [6.45, 7) is 7.03. The first kappa shape index (κ1) is 24.5. The number of benzene rings is 1. The average molecular weight is 436 g/mol. The van der Waals surface area contributed by atoms with Crippen LogP contribution in [-0.2, 0) is 37.5 Å². The summed E-state index contributed by atoms with van der Waals surface area (Å²) in [6, 6.07) is 2.43. The van der Waals surface area contributed by atoms with Gasteiger partial charge in [-0.15, -0.1) is 0 Å². The molecule has 0 fully saturated rings. The quantitative estimate of drug-likeness (QED) is 0.502. The number of hydrogen-bond acceptors (Lipinski definition) is 2. The Bertz CT molecular complexity index is 541. The van der Waals surface area contributed by atoms with Gasteiger partial charge in [-0.2, -0.15) is 20.1 Å². The van der Waals surface area contributed by atoms with E-state index in [0.717, 1.165) is 5.56 Å². The van der Waals surface area contributed by atoms with Crippen molar-refractivity contribution in [1.82, 2.24) is 10.6 Å². The van der Waals surface area contributed by atoms with Gasteiger partial charge in [0, 0.05) is 39.1 Å². The number of alkyl halides is 4. The number of carbonyl (C=O) groups is 1. The fraction of sp³-hybridized carbons (Fsp3) is 0.529. The third-order valence-electron chi connectivity index (χ3n) is 3.40. The molecule has 1 radical (unpaired) electrons. The predicted octanol–water partition coefficient (Wildman–Crippen LogP) is 3.99. The zero-order chi connectivity index (χ0) is 18.5. The van der Waals surface area contributed by atoms with E-state index in [1.54, 1.807) is 19.1 Å². The normalized spacial score (nSPS) is 14.4. The van der Waals surface area contributed by atoms with E-state index in [1.165, 1.54) is 39.4 Å². The Morgan fingerprint density at radius 1 is 1.16 bits per heavy atom. The number of nitrogens with one attached hydrogen (secondary N) is 2. The standard InChI is InChI=1S/C17H23F4N2O.Y/c1-5-22-15(24)13(10-16(3,4)18)23-14(17(19,20)21)12-8-6-11(2)7-9-12;/h5-9,13-14,23H,10H2,1-4H3,(H,22,24);/q-1;/t13-,14-;/m0./s1. The number of carbonyl (C=O) groups excluding carboxylic acids is 1. The third-order valence-corrected chi connectivity index (χ3v) is 3.40. The van der Waals surface area contributed by atoms with Crippen molar-refractivity contribution in [1.29, 1.82) is 0 Å². The minimum atomic E-state index is -4.62. The molecule has 0 heterocycles. The summed E-state index contributed by atoms with van der Waals surface area (Å²) >= 11 is 0. The molecule has 1 rings (SSSR count). The summed E-state index contributed by atoms with van der Waals surface area (Å²) in [5.74, 6) is -0.704. The van der Waals surface area contributed by atoms with Gasteiger partial charge in [0.15, 0.2) is 0 Å². The van der Waals surface area contributed by atoms with Crippen molar-refractivity contribution in [2.45, 2.75) is 58.0 Å². The molecule has 1 amide bonds. The number of rotatable bonds is 7. The molecule has 0 aliphatic rings. The average Bonchev–Trinajstić information content (AvgIpc) is 2.42. The van der Waals surface area contributed by atoms with E-state index in [9.17, 15) is 22.4 Å². The Labute approximate surface area is 171 Å². The zero-order valence-electron chi connectivity index (χ0n) is 14.7. The first-order valence-corrected chi connectivity index (χ1v) is 7.60. The van der Waals surface area contributed by atoms with E-state index < -0.39 is 29.8 Å². The van der Waals surface area contributed by atoms with Gasteiger partial charge in [0.05, 0.1) is 6.04 Å². The molecule has 0 spiro atoms. The van der Waals surface area contributed by atoms with E-state index in [1.807, 2.05) is 0 Å². The van der Waals surface area contributed by atoms with Crippen molar-refractivity contribution in [3.05, 3.63) is 41.9 Å². The van der Waals surface area contributed by atoms with Crippen LogP contribution >= 0.6 is 0 Å². The van der Waals surface area contributed by atoms with Gasteiger partial charge in [-0.3, -0.25) is 10.1 Å². The summed E-state index contributed by atoms with van der Waals surface area (Å²) in [4.78, 5) is 12.0. The maximum absolute atomic E-state index is 13.9. The molecule has 1 aromatic rings. The van der Waals surface area contributed by atoms with Crippen LogP contribution < -0.4 is 10.6 Å². The van der Waals surface area contributed by atoms with Crippen LogP contribution in [0.15, 0.2) is 24.3 Å². The van der Waals surface area contributed by atoms with Crippen molar-refractivity contribution >= 4 is 5.91 Å². The molecule has 8 heteroatoms. The zero-order valence-corrected chi connectivity index (χ0v) is 17.6. The third kappa shape index (κ3) is 8.60. The van der Waals surface area contributed by atoms with Crippen molar-refractivity contribution in [3.63, 3.8) is 0 Å². The smallest absolute Gasteiger partial charge is 0.407 e. The van der Waals surface area contributed by atoms with Crippen LogP contribution in [0.5, 0.6) is 0 Å². The Morgan fingerprint density at radius 2 is 1.68 bits per heavy atom. The van der Waals surface area contributed by atoms with Gasteiger partial charge in [-0.05, 0) is 26.3 Å². The van der Waals surface area contributed by atoms with Crippen molar-refractivity contribution < 1.29 is 55.1 Å². The molecule has 2 atom stereocenters. The second kappa shape index (κ2) is 9.98. The molecule has 1 aromatic carbocycles. The SMILES string of the molecule is C[CH-]NC(=O)[C@H](CC(C)(C)F)N[C@@H](c1ccc(C)cc1)C(F)(F)F.[Y]. The molecule has 2 N–H and O–H groups in total. The monoisotopic (exact) mass is 436 g/mol. The Hall–Kier alpha value is -0.526. The summed E-state index contributed by atoms with van der Waals surface area (Å²) in [5, 5.41) is 4.60. The molecule has 0 aliphatic carbocycles. The maximum atomic E-state index is 13.9. The fourth-order valence-corrected chi connectivity index (χ4v) is 2.30. The van der Waals surface area contributed by atoms with Crippen LogP contribution in [-0.4, -0.2) is 23.8 Å². The van der Waals surface area contributed by atoms with Crippen LogP contribution in [0.3, 0.4) is 0 Å². The minimum Gasteiger partial charge on any atom is -0.505 e. The molecule has 0 aromatic heterocycles. The molecular weight excluding hydrogens is 413 g/mol. The first-order chi connectivity index (χ1) is 10.9. The predicted molar refractivity (Wildman–Crippen MR) is 84.8 cm³/mol. The largest absolute Gasteiger partial charge is 0.505 e. The van der Waals surface area contributed by atoms with Gasteiger partial charge < -0.3 is 5.32 Å². The minimum absolute atomic E-state index is 0. The molecule has 3 nitrogen and oxygen atoms in total. The van der Waals surface area contributed by atoms with Gasteiger partial charge in [0.25, 0.3) is 0 Å². The van der Waals surface area contributed by atoms with Gasteiger partial charge in [-0.25, -0.2) is 10.9 Å². The summed E-state index contributed by atoms with van der Waals surface area (Å²) in [5.41, 5.74) is -1.01. The second-order valence-corrected chi connectivity index (χ2v) is 6.32. The maximum Gasteiger partial charge on any atom is 0.407 e. The Morgan fingerprint density at radius 3 is 2.08 bits per heavy atom. The van der Waals surface area contributed by atoms with Gasteiger partial charge in [0.2, 0.25) is 5.91 Å². The molecule has 0 saturated carbocycles. The van der Waals surface area contributed by atoms with E-state index >= 15 is 0 Å². The summed E-state index contributed by atoms with van der Waals surface area (Å²) < 4.78 is 54.3. The van der Waals surface area contributed by atoms with Crippen LogP contribution in [0.2, 0.25) is 0 Å². The Kier molecular flexibility index (Phi) is 9.77. The van der Waals surface area contributed by atoms with Crippen LogP contribution in [0.25, 0.3) is 0 Å². The molecule has 0 saturated heterocycles. The van der Waals surface area contributed by atoms with Crippen LogP contribution in [0.1, 0.15) is 44.4 Å². The number of amides is 1.